The molecule has 0 bridgehead atoms. The number of pyridine rings is 1. The average Bonchev–Trinajstić information content (AvgIpc) is 2.60. The number of aliphatic imine (C=N–C) groups is 1. The fourth-order valence-corrected chi connectivity index (χ4v) is 2.28. The Morgan fingerprint density at radius 3 is 2.69 bits per heavy atom. The molecular formula is C17H23N7OS. The Morgan fingerprint density at radius 1 is 1.27 bits per heavy atom. The lowest BCUT2D eigenvalue weighted by atomic mass is 10.3. The Bertz CT molecular complexity index is 732. The third-order valence-electron chi connectivity index (χ3n) is 3.18. The summed E-state index contributed by atoms with van der Waals surface area (Å²) in [6.45, 7) is 5.41. The van der Waals surface area contributed by atoms with Crippen LogP contribution in [0, 0.1) is 13.8 Å². The van der Waals surface area contributed by atoms with Gasteiger partial charge >= 0.3 is 0 Å². The summed E-state index contributed by atoms with van der Waals surface area (Å²) in [4.78, 5) is 17.4. The van der Waals surface area contributed by atoms with Crippen LogP contribution in [0.15, 0.2) is 35.6 Å². The summed E-state index contributed by atoms with van der Waals surface area (Å²) in [5.41, 5.74) is 2.72. The van der Waals surface area contributed by atoms with Crippen LogP contribution in [-0.4, -0.2) is 46.3 Å². The van der Waals surface area contributed by atoms with Gasteiger partial charge in [0, 0.05) is 37.4 Å². The van der Waals surface area contributed by atoms with Crippen LogP contribution in [0.5, 0.6) is 0 Å². The molecule has 0 amide bonds. The number of thiocarbonyl (C=S) groups is 1. The topological polar surface area (TPSA) is 96.3 Å². The van der Waals surface area contributed by atoms with Crippen molar-refractivity contribution in [1.82, 2.24) is 25.6 Å². The van der Waals surface area contributed by atoms with Crippen LogP contribution in [0.3, 0.4) is 0 Å². The van der Waals surface area contributed by atoms with E-state index >= 15 is 0 Å². The fourth-order valence-electron chi connectivity index (χ4n) is 2.08. The van der Waals surface area contributed by atoms with Gasteiger partial charge in [0.1, 0.15) is 0 Å². The van der Waals surface area contributed by atoms with Gasteiger partial charge in [-0.2, -0.15) is 0 Å². The zero-order valence-corrected chi connectivity index (χ0v) is 15.9. The molecule has 0 radical (unpaired) electrons. The van der Waals surface area contributed by atoms with E-state index in [1.54, 1.807) is 19.5 Å². The van der Waals surface area contributed by atoms with Crippen LogP contribution < -0.4 is 16.0 Å². The van der Waals surface area contributed by atoms with Gasteiger partial charge in [-0.1, -0.05) is 6.07 Å². The molecule has 26 heavy (non-hydrogen) atoms. The molecule has 0 aromatic carbocycles. The number of methoxy groups -OCH3 is 1. The largest absolute Gasteiger partial charge is 0.383 e. The zero-order valence-electron chi connectivity index (χ0n) is 15.1. The van der Waals surface area contributed by atoms with E-state index in [1.807, 2.05) is 32.0 Å². The van der Waals surface area contributed by atoms with Gasteiger partial charge in [0.2, 0.25) is 11.9 Å². The van der Waals surface area contributed by atoms with Crippen molar-refractivity contribution in [1.29, 1.82) is 0 Å². The normalized spacial score (nSPS) is 11.1. The van der Waals surface area contributed by atoms with E-state index in [2.05, 4.69) is 35.9 Å². The fraction of sp³-hybridized carbons (Fsp3) is 0.353. The maximum absolute atomic E-state index is 5.29. The summed E-state index contributed by atoms with van der Waals surface area (Å²) < 4.78 is 5.00. The van der Waals surface area contributed by atoms with Crippen molar-refractivity contribution in [2.24, 2.45) is 4.99 Å². The first-order chi connectivity index (χ1) is 12.6. The standard InChI is InChI=1S/C17H23N7OS/c1-12-9-13(2)22-16(21-12)23-15(24-17(26)19-7-8-25-3)20-11-14-5-4-6-18-10-14/h4-6,9-10H,7-8,11H2,1-3H3,(H3,19,20,21,22,23,24,26). The molecule has 2 rings (SSSR count). The summed E-state index contributed by atoms with van der Waals surface area (Å²) in [6, 6.07) is 5.73. The SMILES string of the molecule is COCCNC(=S)NC(=NCc1cccnc1)Nc1nc(C)cc(C)n1. The molecule has 138 valence electrons. The quantitative estimate of drug-likeness (QED) is 0.304. The average molecular weight is 373 g/mol. The summed E-state index contributed by atoms with van der Waals surface area (Å²) in [6.07, 6.45) is 3.49. The smallest absolute Gasteiger partial charge is 0.229 e. The van der Waals surface area contributed by atoms with Crippen molar-refractivity contribution in [2.75, 3.05) is 25.6 Å². The molecule has 0 aliphatic rings. The number of rotatable bonds is 6. The third kappa shape index (κ3) is 7.08. The molecule has 3 N–H and O–H groups in total. The van der Waals surface area contributed by atoms with Crippen molar-refractivity contribution >= 4 is 29.2 Å². The van der Waals surface area contributed by atoms with Gasteiger partial charge in [0.15, 0.2) is 5.11 Å². The summed E-state index contributed by atoms with van der Waals surface area (Å²) >= 11 is 5.29. The third-order valence-corrected chi connectivity index (χ3v) is 3.43. The van der Waals surface area contributed by atoms with Gasteiger partial charge in [0.05, 0.1) is 13.2 Å². The maximum atomic E-state index is 5.29. The van der Waals surface area contributed by atoms with Crippen molar-refractivity contribution in [2.45, 2.75) is 20.4 Å². The van der Waals surface area contributed by atoms with E-state index in [9.17, 15) is 0 Å². The summed E-state index contributed by atoms with van der Waals surface area (Å²) in [5.74, 6) is 0.911. The first-order valence-corrected chi connectivity index (χ1v) is 8.54. The predicted octanol–water partition coefficient (Wildman–Crippen LogP) is 1.57. The lowest BCUT2D eigenvalue weighted by Crippen LogP contribution is -2.43. The Kier molecular flexibility index (Phi) is 7.84. The Morgan fingerprint density at radius 2 is 2.04 bits per heavy atom. The van der Waals surface area contributed by atoms with E-state index in [0.29, 0.717) is 36.7 Å². The number of anilines is 1. The summed E-state index contributed by atoms with van der Waals surface area (Å²) in [7, 11) is 1.64. The minimum atomic E-state index is 0.434. The van der Waals surface area contributed by atoms with Crippen LogP contribution >= 0.6 is 12.2 Å². The van der Waals surface area contributed by atoms with Crippen molar-refractivity contribution in [3.63, 3.8) is 0 Å². The molecule has 0 atom stereocenters. The monoisotopic (exact) mass is 373 g/mol. The maximum Gasteiger partial charge on any atom is 0.229 e. The van der Waals surface area contributed by atoms with Crippen LogP contribution in [-0.2, 0) is 11.3 Å². The summed E-state index contributed by atoms with van der Waals surface area (Å²) in [5, 5.41) is 9.60. The van der Waals surface area contributed by atoms with E-state index in [4.69, 9.17) is 17.0 Å². The van der Waals surface area contributed by atoms with Crippen LogP contribution in [0.2, 0.25) is 0 Å². The molecule has 0 unspecified atom stereocenters. The van der Waals surface area contributed by atoms with Gasteiger partial charge in [-0.05, 0) is 43.8 Å². The molecule has 2 aromatic rings. The Balaban J connectivity index is 2.10. The number of hydrogen-bond acceptors (Lipinski definition) is 6. The molecule has 2 heterocycles. The highest BCUT2D eigenvalue weighted by molar-refractivity contribution is 7.80. The van der Waals surface area contributed by atoms with E-state index < -0.39 is 0 Å². The van der Waals surface area contributed by atoms with Crippen LogP contribution in [0.25, 0.3) is 0 Å². The Labute approximate surface area is 158 Å². The second kappa shape index (κ2) is 10.4. The second-order valence-corrected chi connectivity index (χ2v) is 5.91. The predicted molar refractivity (Wildman–Crippen MR) is 106 cm³/mol. The molecule has 0 spiro atoms. The number of hydrogen-bond donors (Lipinski definition) is 3. The van der Waals surface area contributed by atoms with Crippen molar-refractivity contribution in [3.05, 3.63) is 47.5 Å². The highest BCUT2D eigenvalue weighted by Crippen LogP contribution is 2.04. The molecular weight excluding hydrogens is 350 g/mol. The van der Waals surface area contributed by atoms with Gasteiger partial charge < -0.3 is 15.4 Å². The zero-order chi connectivity index (χ0) is 18.8. The second-order valence-electron chi connectivity index (χ2n) is 5.50. The highest BCUT2D eigenvalue weighted by Gasteiger charge is 2.07. The molecule has 0 aliphatic heterocycles. The van der Waals surface area contributed by atoms with E-state index in [1.165, 1.54) is 0 Å². The number of aromatic nitrogens is 3. The lowest BCUT2D eigenvalue weighted by molar-refractivity contribution is 0.204. The lowest BCUT2D eigenvalue weighted by Gasteiger charge is -2.14. The van der Waals surface area contributed by atoms with Crippen molar-refractivity contribution in [3.8, 4) is 0 Å². The van der Waals surface area contributed by atoms with Crippen LogP contribution in [0.1, 0.15) is 17.0 Å². The molecule has 9 heteroatoms. The van der Waals surface area contributed by atoms with E-state index in [-0.39, 0.29) is 0 Å². The molecule has 0 aliphatic carbocycles. The number of ether oxygens (including phenoxy) is 1. The highest BCUT2D eigenvalue weighted by atomic mass is 32.1. The van der Waals surface area contributed by atoms with Gasteiger partial charge in [-0.15, -0.1) is 0 Å². The van der Waals surface area contributed by atoms with Gasteiger partial charge in [0.25, 0.3) is 0 Å². The van der Waals surface area contributed by atoms with Gasteiger partial charge in [-0.25, -0.2) is 15.0 Å². The number of aryl methyl sites for hydroxylation is 2. The first kappa shape index (κ1) is 19.7. The molecule has 0 saturated carbocycles. The van der Waals surface area contributed by atoms with Crippen molar-refractivity contribution < 1.29 is 4.74 Å². The number of guanidine groups is 1. The number of nitrogens with one attached hydrogen (secondary N) is 3. The molecule has 8 nitrogen and oxygen atoms in total. The Hall–Kier alpha value is -2.65. The molecule has 2 aromatic heterocycles. The molecule has 0 saturated heterocycles. The minimum absolute atomic E-state index is 0.434. The minimum Gasteiger partial charge on any atom is -0.383 e. The van der Waals surface area contributed by atoms with E-state index in [0.717, 1.165) is 17.0 Å². The first-order valence-electron chi connectivity index (χ1n) is 8.13. The number of nitrogens with zero attached hydrogens (tertiary/aromatic N) is 4. The van der Waals surface area contributed by atoms with Gasteiger partial charge in [-0.3, -0.25) is 10.3 Å². The molecule has 0 fully saturated rings. The van der Waals surface area contributed by atoms with Crippen LogP contribution in [0.4, 0.5) is 5.95 Å².